The minimum atomic E-state index is -0.539. The van der Waals surface area contributed by atoms with E-state index < -0.39 is 4.92 Å². The van der Waals surface area contributed by atoms with Gasteiger partial charge >= 0.3 is 5.69 Å². The molecule has 4 heterocycles. The summed E-state index contributed by atoms with van der Waals surface area (Å²) >= 11 is 7.48. The van der Waals surface area contributed by atoms with Crippen molar-refractivity contribution in [1.29, 1.82) is 0 Å². The largest absolute Gasteiger partial charge is 0.350 e. The van der Waals surface area contributed by atoms with Crippen molar-refractivity contribution in [3.05, 3.63) is 67.6 Å². The monoisotopic (exact) mass is 497 g/mol. The van der Waals surface area contributed by atoms with E-state index in [1.165, 1.54) is 17.5 Å². The lowest BCUT2D eigenvalue weighted by atomic mass is 10.1. The zero-order valence-electron chi connectivity index (χ0n) is 18.1. The van der Waals surface area contributed by atoms with Crippen molar-refractivity contribution in [2.45, 2.75) is 0 Å². The Morgan fingerprint density at radius 1 is 1.26 bits per heavy atom. The summed E-state index contributed by atoms with van der Waals surface area (Å²) in [5.74, 6) is 0.182. The topological polar surface area (TPSA) is 120 Å². The van der Waals surface area contributed by atoms with E-state index >= 15 is 0 Å². The number of halogens is 1. The highest BCUT2D eigenvalue weighted by Crippen LogP contribution is 2.36. The first-order valence-electron chi connectivity index (χ1n) is 10.5. The Morgan fingerprint density at radius 3 is 2.76 bits per heavy atom. The summed E-state index contributed by atoms with van der Waals surface area (Å²) in [4.78, 5) is 41.1. The van der Waals surface area contributed by atoms with Crippen LogP contribution >= 0.6 is 22.9 Å². The first kappa shape index (κ1) is 22.3. The average molecular weight is 498 g/mol. The van der Waals surface area contributed by atoms with E-state index in [4.69, 9.17) is 11.6 Å². The molecule has 174 valence electrons. The number of anilines is 3. The quantitative estimate of drug-likeness (QED) is 0.230. The van der Waals surface area contributed by atoms with E-state index in [1.54, 1.807) is 30.3 Å². The van der Waals surface area contributed by atoms with Crippen LogP contribution in [0.3, 0.4) is 0 Å². The summed E-state index contributed by atoms with van der Waals surface area (Å²) in [5, 5.41) is 17.8. The molecule has 10 nitrogen and oxygen atoms in total. The van der Waals surface area contributed by atoms with Gasteiger partial charge in [-0.15, -0.1) is 11.3 Å². The molecule has 0 spiro atoms. The van der Waals surface area contributed by atoms with E-state index in [0.29, 0.717) is 45.5 Å². The molecule has 3 aromatic heterocycles. The van der Waals surface area contributed by atoms with Crippen LogP contribution in [0.15, 0.2) is 41.9 Å². The van der Waals surface area contributed by atoms with Gasteiger partial charge in [0.15, 0.2) is 0 Å². The standard InChI is InChI=1S/C22H20ClN7O3S/c1-28-6-8-29(9-7-28)22-24-12-16(30(32)33)21(27-22)26-18-14-5-4-13(23)11-15(14)25-19(18)20(31)17-3-2-10-34-17/h2-5,10-12,25H,6-9H2,1H3,(H,24,26,27). The number of carbonyl (C=O) groups excluding carboxylic acids is 1. The third-order valence-electron chi connectivity index (χ3n) is 5.72. The Hall–Kier alpha value is -3.54. The number of carbonyl (C=O) groups is 1. The number of nitrogens with one attached hydrogen (secondary N) is 2. The number of thiophene rings is 1. The Balaban J connectivity index is 1.60. The Kier molecular flexibility index (Phi) is 5.90. The van der Waals surface area contributed by atoms with Gasteiger partial charge in [0, 0.05) is 42.1 Å². The third-order valence-corrected chi connectivity index (χ3v) is 6.82. The van der Waals surface area contributed by atoms with Gasteiger partial charge in [-0.25, -0.2) is 4.98 Å². The number of fused-ring (bicyclic) bond motifs is 1. The number of aromatic nitrogens is 3. The van der Waals surface area contributed by atoms with Crippen molar-refractivity contribution in [2.75, 3.05) is 43.4 Å². The van der Waals surface area contributed by atoms with Crippen LogP contribution in [0.4, 0.5) is 23.1 Å². The number of benzene rings is 1. The molecule has 0 aliphatic carbocycles. The molecule has 1 aromatic carbocycles. The molecule has 5 rings (SSSR count). The Bertz CT molecular complexity index is 1380. The molecule has 34 heavy (non-hydrogen) atoms. The first-order valence-corrected chi connectivity index (χ1v) is 11.8. The van der Waals surface area contributed by atoms with Crippen LogP contribution in [0.1, 0.15) is 15.4 Å². The molecule has 4 aromatic rings. The molecule has 0 bridgehead atoms. The van der Waals surface area contributed by atoms with E-state index in [2.05, 4.69) is 25.2 Å². The Labute approximate surface area is 203 Å². The van der Waals surface area contributed by atoms with Crippen molar-refractivity contribution >= 4 is 62.8 Å². The molecule has 1 aliphatic rings. The normalized spacial score (nSPS) is 14.5. The van der Waals surface area contributed by atoms with Crippen LogP contribution in [-0.2, 0) is 0 Å². The van der Waals surface area contributed by atoms with Crippen LogP contribution in [0.2, 0.25) is 5.02 Å². The zero-order valence-corrected chi connectivity index (χ0v) is 19.7. The number of rotatable bonds is 6. The molecule has 0 atom stereocenters. The fourth-order valence-corrected chi connectivity index (χ4v) is 4.71. The summed E-state index contributed by atoms with van der Waals surface area (Å²) in [5.41, 5.74) is 1.02. The lowest BCUT2D eigenvalue weighted by molar-refractivity contribution is -0.384. The summed E-state index contributed by atoms with van der Waals surface area (Å²) in [6, 6.07) is 8.69. The molecule has 1 aliphatic heterocycles. The predicted molar refractivity (Wildman–Crippen MR) is 133 cm³/mol. The van der Waals surface area contributed by atoms with Crippen LogP contribution in [0, 0.1) is 10.1 Å². The number of ketones is 1. The molecule has 1 fully saturated rings. The van der Waals surface area contributed by atoms with Crippen molar-refractivity contribution < 1.29 is 9.72 Å². The number of nitrogens with zero attached hydrogens (tertiary/aromatic N) is 5. The number of H-pyrrole nitrogens is 1. The van der Waals surface area contributed by atoms with E-state index in [9.17, 15) is 14.9 Å². The summed E-state index contributed by atoms with van der Waals surface area (Å²) in [7, 11) is 2.04. The van der Waals surface area contributed by atoms with Crippen LogP contribution in [0.5, 0.6) is 0 Å². The number of hydrogen-bond acceptors (Lipinski definition) is 9. The number of aromatic amines is 1. The highest BCUT2D eigenvalue weighted by Gasteiger charge is 2.26. The van der Waals surface area contributed by atoms with Gasteiger partial charge in [0.05, 0.1) is 15.5 Å². The maximum atomic E-state index is 13.3. The van der Waals surface area contributed by atoms with Gasteiger partial charge in [-0.1, -0.05) is 17.7 Å². The molecular formula is C22H20ClN7O3S. The van der Waals surface area contributed by atoms with Gasteiger partial charge < -0.3 is 20.1 Å². The average Bonchev–Trinajstić information content (AvgIpc) is 3.47. The molecule has 0 saturated carbocycles. The molecule has 12 heteroatoms. The number of hydrogen-bond donors (Lipinski definition) is 2. The van der Waals surface area contributed by atoms with Gasteiger partial charge in [0.25, 0.3) is 0 Å². The van der Waals surface area contributed by atoms with Gasteiger partial charge in [-0.3, -0.25) is 14.9 Å². The van der Waals surface area contributed by atoms with Crippen molar-refractivity contribution in [1.82, 2.24) is 19.9 Å². The summed E-state index contributed by atoms with van der Waals surface area (Å²) < 4.78 is 0. The molecule has 0 radical (unpaired) electrons. The smallest absolute Gasteiger partial charge is 0.329 e. The van der Waals surface area contributed by atoms with E-state index in [0.717, 1.165) is 13.1 Å². The Morgan fingerprint density at radius 2 is 2.06 bits per heavy atom. The highest BCUT2D eigenvalue weighted by molar-refractivity contribution is 7.12. The number of likely N-dealkylation sites (N-methyl/N-ethyl adjacent to an activating group) is 1. The molecule has 0 amide bonds. The zero-order chi connectivity index (χ0) is 23.8. The number of nitro groups is 1. The van der Waals surface area contributed by atoms with Gasteiger partial charge in [0.2, 0.25) is 17.5 Å². The van der Waals surface area contributed by atoms with Gasteiger partial charge in [-0.05, 0) is 36.7 Å². The first-order chi connectivity index (χ1) is 16.4. The fraction of sp³-hybridized carbons (Fsp3) is 0.227. The van der Waals surface area contributed by atoms with Crippen LogP contribution < -0.4 is 10.2 Å². The maximum Gasteiger partial charge on any atom is 0.329 e. The second-order valence-electron chi connectivity index (χ2n) is 7.95. The van der Waals surface area contributed by atoms with Crippen LogP contribution in [0.25, 0.3) is 10.9 Å². The SMILES string of the molecule is CN1CCN(c2ncc([N+](=O)[O-])c(Nc3c(C(=O)c4cccs4)[nH]c4cc(Cl)ccc34)n2)CC1. The summed E-state index contributed by atoms with van der Waals surface area (Å²) in [6.45, 7) is 3.10. The lowest BCUT2D eigenvalue weighted by Crippen LogP contribution is -2.45. The lowest BCUT2D eigenvalue weighted by Gasteiger charge is -2.32. The minimum Gasteiger partial charge on any atom is -0.350 e. The van der Waals surface area contributed by atoms with E-state index in [1.807, 2.05) is 17.3 Å². The molecule has 1 saturated heterocycles. The van der Waals surface area contributed by atoms with Gasteiger partial charge in [-0.2, -0.15) is 4.98 Å². The minimum absolute atomic E-state index is 0.0185. The fourth-order valence-electron chi connectivity index (χ4n) is 3.87. The van der Waals surface area contributed by atoms with Crippen molar-refractivity contribution in [3.8, 4) is 0 Å². The second kappa shape index (κ2) is 9.01. The number of piperazine rings is 1. The summed E-state index contributed by atoms with van der Waals surface area (Å²) in [6.07, 6.45) is 1.20. The van der Waals surface area contributed by atoms with Crippen LogP contribution in [-0.4, -0.2) is 63.8 Å². The van der Waals surface area contributed by atoms with Crippen molar-refractivity contribution in [2.24, 2.45) is 0 Å². The third kappa shape index (κ3) is 4.20. The maximum absolute atomic E-state index is 13.3. The van der Waals surface area contributed by atoms with Gasteiger partial charge in [0.1, 0.15) is 11.9 Å². The van der Waals surface area contributed by atoms with E-state index in [-0.39, 0.29) is 23.0 Å². The second-order valence-corrected chi connectivity index (χ2v) is 9.33. The molecule has 2 N–H and O–H groups in total. The molecule has 0 unspecified atom stereocenters. The predicted octanol–water partition coefficient (Wildman–Crippen LogP) is 4.31. The highest BCUT2D eigenvalue weighted by atomic mass is 35.5. The van der Waals surface area contributed by atoms with Crippen molar-refractivity contribution in [3.63, 3.8) is 0 Å². The molecular weight excluding hydrogens is 478 g/mol.